The zero-order chi connectivity index (χ0) is 10.8. The quantitative estimate of drug-likeness (QED) is 0.728. The van der Waals surface area contributed by atoms with E-state index in [9.17, 15) is 4.79 Å². The summed E-state index contributed by atoms with van der Waals surface area (Å²) in [6, 6.07) is 0.451. The number of amides is 1. The molecule has 0 atom stereocenters. The number of likely N-dealkylation sites (tertiary alicyclic amines) is 1. The summed E-state index contributed by atoms with van der Waals surface area (Å²) in [7, 11) is 0. The van der Waals surface area contributed by atoms with E-state index in [1.165, 1.54) is 0 Å². The zero-order valence-electron chi connectivity index (χ0n) is 9.46. The third kappa shape index (κ3) is 3.18. The molecule has 0 aromatic heterocycles. The predicted molar refractivity (Wildman–Crippen MR) is 55.3 cm³/mol. The van der Waals surface area contributed by atoms with Gasteiger partial charge in [0.25, 0.3) is 0 Å². The number of hydrogen-bond acceptors (Lipinski definition) is 3. The Kier molecular flexibility index (Phi) is 3.37. The molecule has 1 N–H and O–H groups in total. The molecule has 1 aliphatic heterocycles. The highest BCUT2D eigenvalue weighted by Crippen LogP contribution is 2.14. The number of nitrogens with zero attached hydrogens (tertiary/aromatic N) is 1. The minimum atomic E-state index is -0.389. The number of ether oxygens (including phenoxy) is 1. The first-order valence-corrected chi connectivity index (χ1v) is 5.13. The van der Waals surface area contributed by atoms with E-state index in [0.29, 0.717) is 6.04 Å². The van der Waals surface area contributed by atoms with Gasteiger partial charge in [-0.15, -0.1) is 0 Å². The van der Waals surface area contributed by atoms with Gasteiger partial charge in [0.1, 0.15) is 5.60 Å². The average Bonchev–Trinajstić information content (AvgIpc) is 1.91. The Bertz CT molecular complexity index is 205. The van der Waals surface area contributed by atoms with Crippen LogP contribution < -0.4 is 5.32 Å². The lowest BCUT2D eigenvalue weighted by molar-refractivity contribution is 0.00553. The van der Waals surface area contributed by atoms with Crippen molar-refractivity contribution in [3.8, 4) is 0 Å². The van der Waals surface area contributed by atoms with Crippen LogP contribution in [0.25, 0.3) is 0 Å². The van der Waals surface area contributed by atoms with Crippen LogP contribution in [0.3, 0.4) is 0 Å². The van der Waals surface area contributed by atoms with Crippen LogP contribution in [0.15, 0.2) is 0 Å². The van der Waals surface area contributed by atoms with Gasteiger partial charge in [-0.25, -0.2) is 4.79 Å². The van der Waals surface area contributed by atoms with Crippen molar-refractivity contribution in [1.82, 2.24) is 10.2 Å². The Morgan fingerprint density at radius 3 is 2.50 bits per heavy atom. The molecule has 82 valence electrons. The Hall–Kier alpha value is -0.770. The molecular weight excluding hydrogens is 180 g/mol. The van der Waals surface area contributed by atoms with Crippen molar-refractivity contribution in [2.75, 3.05) is 19.6 Å². The molecule has 0 aromatic carbocycles. The van der Waals surface area contributed by atoms with Crippen LogP contribution in [0.1, 0.15) is 27.7 Å². The van der Waals surface area contributed by atoms with Gasteiger partial charge in [-0.1, -0.05) is 6.92 Å². The maximum atomic E-state index is 11.5. The molecule has 0 unspecified atom stereocenters. The average molecular weight is 200 g/mol. The molecule has 0 spiro atoms. The largest absolute Gasteiger partial charge is 0.444 e. The third-order valence-electron chi connectivity index (χ3n) is 2.03. The van der Waals surface area contributed by atoms with Gasteiger partial charge in [0, 0.05) is 19.1 Å². The minimum absolute atomic E-state index is 0.202. The highest BCUT2D eigenvalue weighted by molar-refractivity contribution is 5.69. The lowest BCUT2D eigenvalue weighted by Crippen LogP contribution is -2.60. The lowest BCUT2D eigenvalue weighted by Gasteiger charge is -2.40. The zero-order valence-corrected chi connectivity index (χ0v) is 9.46. The van der Waals surface area contributed by atoms with Crippen molar-refractivity contribution in [3.63, 3.8) is 0 Å². The standard InChI is InChI=1S/C10H20N2O2/c1-5-11-8-6-12(7-8)9(13)14-10(2,3)4/h8,11H,5-7H2,1-4H3. The first kappa shape index (κ1) is 11.3. The Morgan fingerprint density at radius 1 is 1.50 bits per heavy atom. The molecule has 1 aliphatic rings. The second kappa shape index (κ2) is 4.17. The normalized spacial score (nSPS) is 17.9. The van der Waals surface area contributed by atoms with Crippen LogP contribution in [-0.4, -0.2) is 42.3 Å². The van der Waals surface area contributed by atoms with Gasteiger partial charge in [0.05, 0.1) is 0 Å². The third-order valence-corrected chi connectivity index (χ3v) is 2.03. The molecule has 0 saturated carbocycles. The summed E-state index contributed by atoms with van der Waals surface area (Å²) in [5, 5.41) is 3.28. The molecule has 1 rings (SSSR count). The van der Waals surface area contributed by atoms with Crippen molar-refractivity contribution < 1.29 is 9.53 Å². The number of likely N-dealkylation sites (N-methyl/N-ethyl adjacent to an activating group) is 1. The maximum absolute atomic E-state index is 11.5. The molecule has 1 saturated heterocycles. The van der Waals surface area contributed by atoms with E-state index in [4.69, 9.17) is 4.74 Å². The minimum Gasteiger partial charge on any atom is -0.444 e. The van der Waals surface area contributed by atoms with Gasteiger partial charge in [0.15, 0.2) is 0 Å². The highest BCUT2D eigenvalue weighted by Gasteiger charge is 2.32. The molecule has 4 nitrogen and oxygen atoms in total. The van der Waals surface area contributed by atoms with Crippen LogP contribution >= 0.6 is 0 Å². The second-order valence-electron chi connectivity index (χ2n) is 4.64. The van der Waals surface area contributed by atoms with Gasteiger partial charge in [-0.3, -0.25) is 0 Å². The van der Waals surface area contributed by atoms with Crippen molar-refractivity contribution in [1.29, 1.82) is 0 Å². The summed E-state index contributed by atoms with van der Waals surface area (Å²) in [6.07, 6.45) is -0.202. The molecule has 4 heteroatoms. The molecule has 0 bridgehead atoms. The van der Waals surface area contributed by atoms with E-state index in [1.807, 2.05) is 20.8 Å². The first-order valence-electron chi connectivity index (χ1n) is 5.13. The fourth-order valence-corrected chi connectivity index (χ4v) is 1.37. The first-order chi connectivity index (χ1) is 6.42. The SMILES string of the molecule is CCNC1CN(C(=O)OC(C)(C)C)C1. The monoisotopic (exact) mass is 200 g/mol. The topological polar surface area (TPSA) is 41.6 Å². The van der Waals surface area contributed by atoms with E-state index < -0.39 is 0 Å². The van der Waals surface area contributed by atoms with E-state index in [2.05, 4.69) is 12.2 Å². The Balaban J connectivity index is 2.23. The Labute approximate surface area is 85.6 Å². The predicted octanol–water partition coefficient (Wildman–Crippen LogP) is 1.22. The summed E-state index contributed by atoms with van der Waals surface area (Å²) in [4.78, 5) is 13.2. The van der Waals surface area contributed by atoms with Crippen molar-refractivity contribution in [2.24, 2.45) is 0 Å². The van der Waals surface area contributed by atoms with Gasteiger partial charge < -0.3 is 15.0 Å². The molecule has 0 aromatic rings. The number of carbonyl (C=O) groups is 1. The van der Waals surface area contributed by atoms with E-state index in [1.54, 1.807) is 4.90 Å². The fraction of sp³-hybridized carbons (Fsp3) is 0.900. The van der Waals surface area contributed by atoms with Crippen LogP contribution in [0.2, 0.25) is 0 Å². The van der Waals surface area contributed by atoms with Gasteiger partial charge in [-0.05, 0) is 27.3 Å². The summed E-state index contributed by atoms with van der Waals surface area (Å²) in [5.74, 6) is 0. The van der Waals surface area contributed by atoms with E-state index in [0.717, 1.165) is 19.6 Å². The summed E-state index contributed by atoms with van der Waals surface area (Å²) in [5.41, 5.74) is -0.389. The van der Waals surface area contributed by atoms with Crippen LogP contribution in [0.4, 0.5) is 4.79 Å². The fourth-order valence-electron chi connectivity index (χ4n) is 1.37. The van der Waals surface area contributed by atoms with Crippen molar-refractivity contribution in [2.45, 2.75) is 39.3 Å². The van der Waals surface area contributed by atoms with Crippen LogP contribution in [0, 0.1) is 0 Å². The maximum Gasteiger partial charge on any atom is 0.410 e. The number of nitrogens with one attached hydrogen (secondary N) is 1. The second-order valence-corrected chi connectivity index (χ2v) is 4.64. The molecule has 14 heavy (non-hydrogen) atoms. The Morgan fingerprint density at radius 2 is 2.07 bits per heavy atom. The molecule has 0 aliphatic carbocycles. The van der Waals surface area contributed by atoms with E-state index >= 15 is 0 Å². The van der Waals surface area contributed by atoms with Crippen molar-refractivity contribution in [3.05, 3.63) is 0 Å². The number of carbonyl (C=O) groups excluding carboxylic acids is 1. The lowest BCUT2D eigenvalue weighted by atomic mass is 10.1. The van der Waals surface area contributed by atoms with Gasteiger partial charge in [-0.2, -0.15) is 0 Å². The number of hydrogen-bond donors (Lipinski definition) is 1. The molecule has 1 heterocycles. The molecule has 0 radical (unpaired) electrons. The summed E-state index contributed by atoms with van der Waals surface area (Å²) in [6.45, 7) is 10.2. The highest BCUT2D eigenvalue weighted by atomic mass is 16.6. The molecule has 1 amide bonds. The van der Waals surface area contributed by atoms with E-state index in [-0.39, 0.29) is 11.7 Å². The molecular formula is C10H20N2O2. The van der Waals surface area contributed by atoms with Crippen molar-refractivity contribution >= 4 is 6.09 Å². The van der Waals surface area contributed by atoms with Crippen LogP contribution in [-0.2, 0) is 4.74 Å². The van der Waals surface area contributed by atoms with Gasteiger partial charge >= 0.3 is 6.09 Å². The number of rotatable bonds is 2. The molecule has 1 fully saturated rings. The smallest absolute Gasteiger partial charge is 0.410 e. The van der Waals surface area contributed by atoms with Crippen LogP contribution in [0.5, 0.6) is 0 Å². The summed E-state index contributed by atoms with van der Waals surface area (Å²) >= 11 is 0. The van der Waals surface area contributed by atoms with Gasteiger partial charge in [0.2, 0.25) is 0 Å². The summed E-state index contributed by atoms with van der Waals surface area (Å²) < 4.78 is 5.23.